The Labute approximate surface area is 112 Å². The van der Waals surface area contributed by atoms with Crippen molar-refractivity contribution in [3.63, 3.8) is 0 Å². The van der Waals surface area contributed by atoms with E-state index >= 15 is 0 Å². The van der Waals surface area contributed by atoms with Gasteiger partial charge in [0.05, 0.1) is 5.41 Å². The third kappa shape index (κ3) is 4.24. The quantitative estimate of drug-likeness (QED) is 0.722. The van der Waals surface area contributed by atoms with Gasteiger partial charge in [0.1, 0.15) is 5.82 Å². The number of aromatic nitrogens is 1. The van der Waals surface area contributed by atoms with Crippen molar-refractivity contribution in [2.24, 2.45) is 5.41 Å². The third-order valence-electron chi connectivity index (χ3n) is 2.63. The first kappa shape index (κ1) is 14.9. The summed E-state index contributed by atoms with van der Waals surface area (Å²) in [5.41, 5.74) is -0.627. The van der Waals surface area contributed by atoms with Crippen molar-refractivity contribution in [2.45, 2.75) is 20.8 Å². The van der Waals surface area contributed by atoms with Crippen LogP contribution in [0.4, 0.5) is 5.82 Å². The van der Waals surface area contributed by atoms with Crippen LogP contribution in [0.15, 0.2) is 18.2 Å². The minimum absolute atomic E-state index is 0.0270. The number of amides is 1. The molecule has 19 heavy (non-hydrogen) atoms. The lowest BCUT2D eigenvalue weighted by Crippen LogP contribution is -2.41. The van der Waals surface area contributed by atoms with E-state index in [0.29, 0.717) is 18.9 Å². The largest absolute Gasteiger partial charge is 0.477 e. The number of carboxylic acid groups (broad SMARTS) is 1. The maximum atomic E-state index is 11.8. The summed E-state index contributed by atoms with van der Waals surface area (Å²) in [6.45, 7) is 6.43. The summed E-state index contributed by atoms with van der Waals surface area (Å²) in [6.07, 6.45) is 0. The number of aromatic carboxylic acids is 1. The molecule has 1 amide bonds. The highest BCUT2D eigenvalue weighted by atomic mass is 16.4. The van der Waals surface area contributed by atoms with Crippen LogP contribution in [-0.4, -0.2) is 35.1 Å². The number of pyridine rings is 1. The SMILES string of the molecule is CCNC(=O)C(C)(C)CNc1cccc(C(=O)O)n1. The van der Waals surface area contributed by atoms with E-state index in [0.717, 1.165) is 0 Å². The van der Waals surface area contributed by atoms with Gasteiger partial charge in [0.2, 0.25) is 5.91 Å². The Bertz CT molecular complexity index is 472. The molecule has 0 aromatic carbocycles. The lowest BCUT2D eigenvalue weighted by Gasteiger charge is -2.23. The summed E-state index contributed by atoms with van der Waals surface area (Å²) >= 11 is 0. The highest BCUT2D eigenvalue weighted by Gasteiger charge is 2.26. The van der Waals surface area contributed by atoms with Gasteiger partial charge in [0.15, 0.2) is 5.69 Å². The Balaban J connectivity index is 2.68. The average Bonchev–Trinajstić information content (AvgIpc) is 2.37. The van der Waals surface area contributed by atoms with E-state index in [1.807, 2.05) is 20.8 Å². The minimum Gasteiger partial charge on any atom is -0.477 e. The van der Waals surface area contributed by atoms with E-state index in [4.69, 9.17) is 5.11 Å². The molecule has 104 valence electrons. The van der Waals surface area contributed by atoms with E-state index < -0.39 is 11.4 Å². The molecule has 0 bridgehead atoms. The van der Waals surface area contributed by atoms with Crippen molar-refractivity contribution in [3.05, 3.63) is 23.9 Å². The molecule has 6 heteroatoms. The van der Waals surface area contributed by atoms with Gasteiger partial charge in [-0.1, -0.05) is 6.07 Å². The predicted molar refractivity (Wildman–Crippen MR) is 72.2 cm³/mol. The smallest absolute Gasteiger partial charge is 0.354 e. The molecule has 0 saturated heterocycles. The number of nitrogens with one attached hydrogen (secondary N) is 2. The molecule has 0 radical (unpaired) electrons. The fourth-order valence-electron chi connectivity index (χ4n) is 1.44. The molecule has 1 heterocycles. The number of nitrogens with zero attached hydrogens (tertiary/aromatic N) is 1. The maximum Gasteiger partial charge on any atom is 0.354 e. The number of hydrogen-bond acceptors (Lipinski definition) is 4. The van der Waals surface area contributed by atoms with Gasteiger partial charge >= 0.3 is 5.97 Å². The summed E-state index contributed by atoms with van der Waals surface area (Å²) < 4.78 is 0. The molecule has 6 nitrogen and oxygen atoms in total. The third-order valence-corrected chi connectivity index (χ3v) is 2.63. The predicted octanol–water partition coefficient (Wildman–Crippen LogP) is 1.35. The second-order valence-electron chi connectivity index (χ2n) is 4.81. The fraction of sp³-hybridized carbons (Fsp3) is 0.462. The van der Waals surface area contributed by atoms with Gasteiger partial charge in [-0.15, -0.1) is 0 Å². The molecular formula is C13H19N3O3. The van der Waals surface area contributed by atoms with E-state index in [-0.39, 0.29) is 11.6 Å². The second-order valence-corrected chi connectivity index (χ2v) is 4.81. The summed E-state index contributed by atoms with van der Waals surface area (Å²) in [6, 6.07) is 4.70. The van der Waals surface area contributed by atoms with Crippen molar-refractivity contribution < 1.29 is 14.7 Å². The average molecular weight is 265 g/mol. The first-order valence-corrected chi connectivity index (χ1v) is 6.09. The van der Waals surface area contributed by atoms with Gasteiger partial charge in [0, 0.05) is 13.1 Å². The minimum atomic E-state index is -1.08. The molecule has 0 fully saturated rings. The Hall–Kier alpha value is -2.11. The maximum absolute atomic E-state index is 11.8. The lowest BCUT2D eigenvalue weighted by molar-refractivity contribution is -0.128. The molecule has 0 aliphatic rings. The molecule has 0 atom stereocenters. The zero-order valence-corrected chi connectivity index (χ0v) is 11.4. The zero-order chi connectivity index (χ0) is 14.5. The van der Waals surface area contributed by atoms with Crippen LogP contribution in [0.25, 0.3) is 0 Å². The molecule has 1 rings (SSSR count). The molecule has 1 aromatic rings. The van der Waals surface area contributed by atoms with Crippen LogP contribution >= 0.6 is 0 Å². The first-order valence-electron chi connectivity index (χ1n) is 6.09. The van der Waals surface area contributed by atoms with Crippen molar-refractivity contribution in [2.75, 3.05) is 18.4 Å². The molecule has 0 spiro atoms. The van der Waals surface area contributed by atoms with Crippen LogP contribution < -0.4 is 10.6 Å². The standard InChI is InChI=1S/C13H19N3O3/c1-4-14-12(19)13(2,3)8-15-10-7-5-6-9(16-10)11(17)18/h5-7H,4,8H2,1-3H3,(H,14,19)(H,15,16)(H,17,18). The van der Waals surface area contributed by atoms with E-state index in [1.54, 1.807) is 12.1 Å². The Kier molecular flexibility index (Phi) is 4.86. The molecule has 0 aliphatic heterocycles. The Morgan fingerprint density at radius 3 is 2.63 bits per heavy atom. The van der Waals surface area contributed by atoms with Crippen LogP contribution in [0.2, 0.25) is 0 Å². The molecule has 3 N–H and O–H groups in total. The van der Waals surface area contributed by atoms with E-state index in [1.165, 1.54) is 6.07 Å². The normalized spacial score (nSPS) is 10.9. The monoisotopic (exact) mass is 265 g/mol. The van der Waals surface area contributed by atoms with Crippen LogP contribution in [0.3, 0.4) is 0 Å². The summed E-state index contributed by atoms with van der Waals surface area (Å²) in [7, 11) is 0. The van der Waals surface area contributed by atoms with Crippen LogP contribution in [0.1, 0.15) is 31.3 Å². The highest BCUT2D eigenvalue weighted by Crippen LogP contribution is 2.16. The van der Waals surface area contributed by atoms with Crippen LogP contribution in [0, 0.1) is 5.41 Å². The number of carboxylic acids is 1. The van der Waals surface area contributed by atoms with Crippen LogP contribution in [-0.2, 0) is 4.79 Å². The zero-order valence-electron chi connectivity index (χ0n) is 11.4. The van der Waals surface area contributed by atoms with Gasteiger partial charge in [-0.3, -0.25) is 4.79 Å². The molecule has 0 unspecified atom stereocenters. The van der Waals surface area contributed by atoms with Crippen molar-refractivity contribution in [3.8, 4) is 0 Å². The van der Waals surface area contributed by atoms with Gasteiger partial charge < -0.3 is 15.7 Å². The summed E-state index contributed by atoms with van der Waals surface area (Å²) in [5.74, 6) is -0.694. The highest BCUT2D eigenvalue weighted by molar-refractivity contribution is 5.85. The van der Waals surface area contributed by atoms with Gasteiger partial charge in [-0.25, -0.2) is 9.78 Å². The number of hydrogen-bond donors (Lipinski definition) is 3. The number of anilines is 1. The van der Waals surface area contributed by atoms with Gasteiger partial charge in [0.25, 0.3) is 0 Å². The van der Waals surface area contributed by atoms with Gasteiger partial charge in [-0.2, -0.15) is 0 Å². The summed E-state index contributed by atoms with van der Waals surface area (Å²) in [4.78, 5) is 26.5. The van der Waals surface area contributed by atoms with E-state index in [9.17, 15) is 9.59 Å². The second kappa shape index (κ2) is 6.17. The molecule has 0 saturated carbocycles. The number of carbonyl (C=O) groups excluding carboxylic acids is 1. The van der Waals surface area contributed by atoms with Gasteiger partial charge in [-0.05, 0) is 32.9 Å². The summed E-state index contributed by atoms with van der Waals surface area (Å²) in [5, 5.41) is 14.6. The topological polar surface area (TPSA) is 91.3 Å². The fourth-order valence-corrected chi connectivity index (χ4v) is 1.44. The van der Waals surface area contributed by atoms with E-state index in [2.05, 4.69) is 15.6 Å². The Morgan fingerprint density at radius 1 is 1.37 bits per heavy atom. The van der Waals surface area contributed by atoms with Crippen LogP contribution in [0.5, 0.6) is 0 Å². The number of carbonyl (C=O) groups is 2. The van der Waals surface area contributed by atoms with Crippen molar-refractivity contribution in [1.29, 1.82) is 0 Å². The lowest BCUT2D eigenvalue weighted by atomic mass is 9.92. The first-order chi connectivity index (χ1) is 8.86. The molecular weight excluding hydrogens is 246 g/mol. The van der Waals surface area contributed by atoms with Crippen molar-refractivity contribution >= 4 is 17.7 Å². The number of rotatable bonds is 6. The molecule has 1 aromatic heterocycles. The Morgan fingerprint density at radius 2 is 2.05 bits per heavy atom. The van der Waals surface area contributed by atoms with Crippen molar-refractivity contribution in [1.82, 2.24) is 10.3 Å². The molecule has 0 aliphatic carbocycles.